The van der Waals surface area contributed by atoms with E-state index in [0.717, 1.165) is 33.3 Å². The number of benzene rings is 2. The van der Waals surface area contributed by atoms with Crippen LogP contribution < -0.4 is 10.5 Å². The molecule has 20 heavy (non-hydrogen) atoms. The molecule has 2 aromatic carbocycles. The minimum atomic E-state index is 0.751. The number of aromatic nitrogens is 1. The molecule has 0 fully saturated rings. The molecule has 3 aromatic rings. The van der Waals surface area contributed by atoms with Crippen LogP contribution in [0.5, 0.6) is 5.75 Å². The molecule has 3 rings (SSSR count). The Hall–Kier alpha value is -2.33. The van der Waals surface area contributed by atoms with Gasteiger partial charge in [0.05, 0.1) is 12.8 Å². The van der Waals surface area contributed by atoms with E-state index >= 15 is 0 Å². The van der Waals surface area contributed by atoms with Crippen LogP contribution >= 0.6 is 11.3 Å². The van der Waals surface area contributed by atoms with Crippen LogP contribution in [0.1, 0.15) is 0 Å². The van der Waals surface area contributed by atoms with Gasteiger partial charge in [-0.2, -0.15) is 0 Å². The van der Waals surface area contributed by atoms with E-state index in [4.69, 9.17) is 10.5 Å². The van der Waals surface area contributed by atoms with Crippen molar-refractivity contribution >= 4 is 17.0 Å². The smallest absolute Gasteiger partial charge is 0.124 e. The third kappa shape index (κ3) is 2.51. The first-order valence-electron chi connectivity index (χ1n) is 6.22. The van der Waals surface area contributed by atoms with Gasteiger partial charge in [-0.05, 0) is 36.4 Å². The lowest BCUT2D eigenvalue weighted by Crippen LogP contribution is -1.85. The topological polar surface area (TPSA) is 48.1 Å². The SMILES string of the molecule is COc1ccc(-c2nc(-c3cccc(N)c3)cs2)cc1. The minimum Gasteiger partial charge on any atom is -0.497 e. The van der Waals surface area contributed by atoms with Gasteiger partial charge in [0.1, 0.15) is 10.8 Å². The predicted octanol–water partition coefficient (Wildman–Crippen LogP) is 4.07. The fourth-order valence-corrected chi connectivity index (χ4v) is 2.81. The van der Waals surface area contributed by atoms with Gasteiger partial charge in [-0.25, -0.2) is 4.98 Å². The average Bonchev–Trinajstić information content (AvgIpc) is 2.97. The Labute approximate surface area is 121 Å². The summed E-state index contributed by atoms with van der Waals surface area (Å²) in [5.41, 5.74) is 9.64. The summed E-state index contributed by atoms with van der Waals surface area (Å²) < 4.78 is 5.16. The number of anilines is 1. The van der Waals surface area contributed by atoms with Crippen LogP contribution in [0.15, 0.2) is 53.9 Å². The molecule has 0 spiro atoms. The molecule has 2 N–H and O–H groups in total. The van der Waals surface area contributed by atoms with Crippen molar-refractivity contribution < 1.29 is 4.74 Å². The van der Waals surface area contributed by atoms with Crippen molar-refractivity contribution in [2.24, 2.45) is 0 Å². The summed E-state index contributed by atoms with van der Waals surface area (Å²) in [5, 5.41) is 3.04. The number of thiazole rings is 1. The van der Waals surface area contributed by atoms with Crippen molar-refractivity contribution in [3.05, 3.63) is 53.9 Å². The fraction of sp³-hybridized carbons (Fsp3) is 0.0625. The number of hydrogen-bond acceptors (Lipinski definition) is 4. The van der Waals surface area contributed by atoms with Crippen molar-refractivity contribution in [3.8, 4) is 27.6 Å². The summed E-state index contributed by atoms with van der Waals surface area (Å²) in [6, 6.07) is 15.7. The van der Waals surface area contributed by atoms with Gasteiger partial charge in [-0.15, -0.1) is 11.3 Å². The summed E-state index contributed by atoms with van der Waals surface area (Å²) in [7, 11) is 1.66. The molecule has 1 aromatic heterocycles. The van der Waals surface area contributed by atoms with Gasteiger partial charge in [0.2, 0.25) is 0 Å². The Morgan fingerprint density at radius 3 is 2.55 bits per heavy atom. The van der Waals surface area contributed by atoms with Gasteiger partial charge in [0.25, 0.3) is 0 Å². The van der Waals surface area contributed by atoms with Gasteiger partial charge >= 0.3 is 0 Å². The number of methoxy groups -OCH3 is 1. The second-order valence-corrected chi connectivity index (χ2v) is 5.25. The monoisotopic (exact) mass is 282 g/mol. The number of nitrogens with two attached hydrogens (primary N) is 1. The lowest BCUT2D eigenvalue weighted by Gasteiger charge is -2.00. The third-order valence-corrected chi connectivity index (χ3v) is 3.91. The number of nitrogen functional groups attached to an aromatic ring is 1. The molecule has 3 nitrogen and oxygen atoms in total. The first kappa shape index (κ1) is 12.7. The maximum Gasteiger partial charge on any atom is 0.124 e. The van der Waals surface area contributed by atoms with E-state index in [0.29, 0.717) is 0 Å². The highest BCUT2D eigenvalue weighted by Crippen LogP contribution is 2.30. The molecular weight excluding hydrogens is 268 g/mol. The Balaban J connectivity index is 1.93. The first-order chi connectivity index (χ1) is 9.76. The van der Waals surface area contributed by atoms with Gasteiger partial charge in [0.15, 0.2) is 0 Å². The molecule has 0 atom stereocenters. The van der Waals surface area contributed by atoms with Crippen LogP contribution in [0.25, 0.3) is 21.8 Å². The molecular formula is C16H14N2OS. The van der Waals surface area contributed by atoms with E-state index in [9.17, 15) is 0 Å². The molecule has 0 bridgehead atoms. The molecule has 0 saturated carbocycles. The molecule has 0 aliphatic rings. The first-order valence-corrected chi connectivity index (χ1v) is 7.10. The van der Waals surface area contributed by atoms with E-state index < -0.39 is 0 Å². The van der Waals surface area contributed by atoms with E-state index in [1.54, 1.807) is 18.4 Å². The summed E-state index contributed by atoms with van der Waals surface area (Å²) in [6.07, 6.45) is 0. The number of hydrogen-bond donors (Lipinski definition) is 1. The quantitative estimate of drug-likeness (QED) is 0.737. The van der Waals surface area contributed by atoms with Crippen LogP contribution in [-0.4, -0.2) is 12.1 Å². The second-order valence-electron chi connectivity index (χ2n) is 4.39. The van der Waals surface area contributed by atoms with Crippen molar-refractivity contribution in [2.75, 3.05) is 12.8 Å². The normalized spacial score (nSPS) is 10.4. The molecule has 100 valence electrons. The van der Waals surface area contributed by atoms with Crippen molar-refractivity contribution in [1.82, 2.24) is 4.98 Å². The van der Waals surface area contributed by atoms with Gasteiger partial charge in [-0.1, -0.05) is 12.1 Å². The zero-order chi connectivity index (χ0) is 13.9. The van der Waals surface area contributed by atoms with E-state index in [1.807, 2.05) is 53.9 Å². The van der Waals surface area contributed by atoms with E-state index in [1.165, 1.54) is 0 Å². The maximum atomic E-state index is 5.81. The van der Waals surface area contributed by atoms with E-state index in [-0.39, 0.29) is 0 Å². The zero-order valence-corrected chi connectivity index (χ0v) is 11.9. The third-order valence-electron chi connectivity index (χ3n) is 3.02. The summed E-state index contributed by atoms with van der Waals surface area (Å²) in [5.74, 6) is 0.848. The van der Waals surface area contributed by atoms with Crippen LogP contribution in [0, 0.1) is 0 Å². The standard InChI is InChI=1S/C16H14N2OS/c1-19-14-7-5-11(6-8-14)16-18-15(10-20-16)12-3-2-4-13(17)9-12/h2-10H,17H2,1H3. The molecule has 0 radical (unpaired) electrons. The zero-order valence-electron chi connectivity index (χ0n) is 11.0. The Bertz CT molecular complexity index is 719. The maximum absolute atomic E-state index is 5.81. The van der Waals surface area contributed by atoms with Crippen LogP contribution in [0.4, 0.5) is 5.69 Å². The second kappa shape index (κ2) is 5.35. The lowest BCUT2D eigenvalue weighted by atomic mass is 10.1. The minimum absolute atomic E-state index is 0.751. The highest BCUT2D eigenvalue weighted by atomic mass is 32.1. The van der Waals surface area contributed by atoms with E-state index in [2.05, 4.69) is 4.98 Å². The van der Waals surface area contributed by atoms with Crippen LogP contribution in [0.2, 0.25) is 0 Å². The summed E-state index contributed by atoms with van der Waals surface area (Å²) >= 11 is 1.62. The van der Waals surface area contributed by atoms with Crippen LogP contribution in [-0.2, 0) is 0 Å². The molecule has 0 saturated heterocycles. The molecule has 0 aliphatic heterocycles. The van der Waals surface area contributed by atoms with Gasteiger partial charge < -0.3 is 10.5 Å². The highest BCUT2D eigenvalue weighted by molar-refractivity contribution is 7.13. The average molecular weight is 282 g/mol. The lowest BCUT2D eigenvalue weighted by molar-refractivity contribution is 0.415. The molecule has 0 unspecified atom stereocenters. The van der Waals surface area contributed by atoms with Crippen molar-refractivity contribution in [1.29, 1.82) is 0 Å². The molecule has 0 aliphatic carbocycles. The largest absolute Gasteiger partial charge is 0.497 e. The molecule has 1 heterocycles. The van der Waals surface area contributed by atoms with Gasteiger partial charge in [-0.3, -0.25) is 0 Å². The fourth-order valence-electron chi connectivity index (χ4n) is 1.97. The highest BCUT2D eigenvalue weighted by Gasteiger charge is 2.07. The predicted molar refractivity (Wildman–Crippen MR) is 84.0 cm³/mol. The van der Waals surface area contributed by atoms with Crippen LogP contribution in [0.3, 0.4) is 0 Å². The summed E-state index contributed by atoms with van der Waals surface area (Å²) in [4.78, 5) is 4.67. The Morgan fingerprint density at radius 1 is 1.05 bits per heavy atom. The van der Waals surface area contributed by atoms with Crippen molar-refractivity contribution in [2.45, 2.75) is 0 Å². The number of rotatable bonds is 3. The Kier molecular flexibility index (Phi) is 3.39. The van der Waals surface area contributed by atoms with Gasteiger partial charge in [0, 0.05) is 22.2 Å². The summed E-state index contributed by atoms with van der Waals surface area (Å²) in [6.45, 7) is 0. The number of nitrogens with zero attached hydrogens (tertiary/aromatic N) is 1. The number of ether oxygens (including phenoxy) is 1. The molecule has 4 heteroatoms. The van der Waals surface area contributed by atoms with Crippen molar-refractivity contribution in [3.63, 3.8) is 0 Å². The Morgan fingerprint density at radius 2 is 1.85 bits per heavy atom. The molecule has 0 amide bonds.